The van der Waals surface area contributed by atoms with Crippen LogP contribution in [0.2, 0.25) is 0 Å². The van der Waals surface area contributed by atoms with E-state index in [2.05, 4.69) is 12.1 Å². The van der Waals surface area contributed by atoms with Gasteiger partial charge >= 0.3 is 7.12 Å². The van der Waals surface area contributed by atoms with Crippen LogP contribution in [0, 0.1) is 0 Å². The Morgan fingerprint density at radius 2 is 1.55 bits per heavy atom. The average molecular weight is 270 g/mol. The van der Waals surface area contributed by atoms with Crippen LogP contribution in [0.5, 0.6) is 0 Å². The van der Waals surface area contributed by atoms with Crippen LogP contribution in [-0.2, 0) is 17.8 Å². The van der Waals surface area contributed by atoms with Gasteiger partial charge in [0.25, 0.3) is 0 Å². The molecule has 0 aliphatic heterocycles. The van der Waals surface area contributed by atoms with Gasteiger partial charge in [0.15, 0.2) is 0 Å². The topological polar surface area (TPSA) is 49.7 Å². The van der Waals surface area contributed by atoms with Gasteiger partial charge in [-0.25, -0.2) is 0 Å². The van der Waals surface area contributed by atoms with Gasteiger partial charge in [-0.2, -0.15) is 0 Å². The summed E-state index contributed by atoms with van der Waals surface area (Å²) in [5.41, 5.74) is 2.89. The quantitative estimate of drug-likeness (QED) is 0.592. The Bertz CT molecular complexity index is 497. The van der Waals surface area contributed by atoms with Crippen molar-refractivity contribution in [1.82, 2.24) is 0 Å². The summed E-state index contributed by atoms with van der Waals surface area (Å²) in [6, 6.07) is 17.5. The van der Waals surface area contributed by atoms with Crippen molar-refractivity contribution in [3.63, 3.8) is 0 Å². The van der Waals surface area contributed by atoms with Crippen molar-refractivity contribution in [3.05, 3.63) is 65.7 Å². The maximum Gasteiger partial charge on any atom is 0.488 e. The largest absolute Gasteiger partial charge is 0.488 e. The predicted molar refractivity (Wildman–Crippen MR) is 80.7 cm³/mol. The van der Waals surface area contributed by atoms with Crippen molar-refractivity contribution in [1.29, 1.82) is 0 Å². The van der Waals surface area contributed by atoms with Crippen LogP contribution < -0.4 is 5.46 Å². The zero-order valence-electron chi connectivity index (χ0n) is 11.4. The van der Waals surface area contributed by atoms with E-state index in [0.717, 1.165) is 19.4 Å². The normalized spacial score (nSPS) is 10.5. The van der Waals surface area contributed by atoms with Gasteiger partial charge in [-0.1, -0.05) is 54.6 Å². The lowest BCUT2D eigenvalue weighted by Crippen LogP contribution is -2.29. The fraction of sp³-hybridized carbons (Fsp3) is 0.250. The molecule has 4 heteroatoms. The first-order chi connectivity index (χ1) is 9.75. The summed E-state index contributed by atoms with van der Waals surface area (Å²) in [4.78, 5) is 0. The van der Waals surface area contributed by atoms with Crippen LogP contribution in [0.25, 0.3) is 0 Å². The second-order valence-corrected chi connectivity index (χ2v) is 4.76. The van der Waals surface area contributed by atoms with Gasteiger partial charge in [-0.15, -0.1) is 0 Å². The van der Waals surface area contributed by atoms with Gasteiger partial charge in [0.2, 0.25) is 0 Å². The average Bonchev–Trinajstić information content (AvgIpc) is 2.48. The predicted octanol–water partition coefficient (Wildman–Crippen LogP) is 1.52. The molecular formula is C16H19BO3. The molecule has 0 heterocycles. The van der Waals surface area contributed by atoms with Crippen molar-refractivity contribution < 1.29 is 14.8 Å². The molecule has 0 aliphatic rings. The van der Waals surface area contributed by atoms with E-state index in [1.807, 2.05) is 30.3 Å². The lowest BCUT2D eigenvalue weighted by molar-refractivity contribution is 0.118. The molecule has 3 nitrogen and oxygen atoms in total. The molecule has 2 N–H and O–H groups in total. The molecular weight excluding hydrogens is 251 g/mol. The molecule has 104 valence electrons. The van der Waals surface area contributed by atoms with Crippen LogP contribution in [0.4, 0.5) is 0 Å². The molecule has 0 amide bonds. The maximum atomic E-state index is 9.00. The van der Waals surface area contributed by atoms with Gasteiger partial charge in [0, 0.05) is 6.61 Å². The summed E-state index contributed by atoms with van der Waals surface area (Å²) < 4.78 is 5.62. The first-order valence-electron chi connectivity index (χ1n) is 6.82. The molecule has 2 rings (SSSR count). The van der Waals surface area contributed by atoms with E-state index in [1.165, 1.54) is 11.1 Å². The third-order valence-corrected chi connectivity index (χ3v) is 3.14. The number of hydrogen-bond donors (Lipinski definition) is 2. The summed E-state index contributed by atoms with van der Waals surface area (Å²) in [7, 11) is -1.39. The van der Waals surface area contributed by atoms with Crippen molar-refractivity contribution in [2.75, 3.05) is 6.61 Å². The minimum absolute atomic E-state index is 0.522. The van der Waals surface area contributed by atoms with Gasteiger partial charge < -0.3 is 14.8 Å². The molecule has 20 heavy (non-hydrogen) atoms. The van der Waals surface area contributed by atoms with Crippen molar-refractivity contribution in [2.24, 2.45) is 0 Å². The van der Waals surface area contributed by atoms with Crippen molar-refractivity contribution in [2.45, 2.75) is 19.4 Å². The van der Waals surface area contributed by atoms with E-state index < -0.39 is 7.12 Å². The van der Waals surface area contributed by atoms with Crippen molar-refractivity contribution >= 4 is 12.6 Å². The van der Waals surface area contributed by atoms with Gasteiger partial charge in [0.1, 0.15) is 0 Å². The zero-order chi connectivity index (χ0) is 14.2. The molecule has 0 fully saturated rings. The van der Waals surface area contributed by atoms with E-state index in [4.69, 9.17) is 14.8 Å². The minimum atomic E-state index is -1.39. The highest BCUT2D eigenvalue weighted by molar-refractivity contribution is 6.58. The van der Waals surface area contributed by atoms with Crippen LogP contribution in [0.1, 0.15) is 17.5 Å². The molecule has 0 unspecified atom stereocenters. The highest BCUT2D eigenvalue weighted by Gasteiger charge is 2.09. The Morgan fingerprint density at radius 3 is 2.20 bits per heavy atom. The van der Waals surface area contributed by atoms with Crippen LogP contribution >= 0.6 is 0 Å². The second-order valence-electron chi connectivity index (χ2n) is 4.76. The summed E-state index contributed by atoms with van der Waals surface area (Å²) in [5.74, 6) is 0. The SMILES string of the molecule is OB(O)c1ccc(CCCOCc2ccccc2)cc1. The third kappa shape index (κ3) is 4.81. The number of rotatable bonds is 7. The lowest BCUT2D eigenvalue weighted by Gasteiger charge is -2.05. The Kier molecular flexibility index (Phi) is 5.80. The highest BCUT2D eigenvalue weighted by Crippen LogP contribution is 2.04. The molecule has 2 aromatic rings. The molecule has 0 spiro atoms. The fourth-order valence-corrected chi connectivity index (χ4v) is 2.00. The third-order valence-electron chi connectivity index (χ3n) is 3.14. The Balaban J connectivity index is 1.66. The maximum absolute atomic E-state index is 9.00. The standard InChI is InChI=1S/C16H19BO3/c18-17(19)16-10-8-14(9-11-16)7-4-12-20-13-15-5-2-1-3-6-15/h1-3,5-6,8-11,18-19H,4,7,12-13H2. The van der Waals surface area contributed by atoms with E-state index in [9.17, 15) is 0 Å². The molecule has 0 bridgehead atoms. The Morgan fingerprint density at radius 1 is 0.850 bits per heavy atom. The molecule has 0 aromatic heterocycles. The summed E-state index contributed by atoms with van der Waals surface area (Å²) in [6.07, 6.45) is 1.88. The van der Waals surface area contributed by atoms with Crippen LogP contribution in [0.3, 0.4) is 0 Å². The van der Waals surface area contributed by atoms with Crippen LogP contribution in [-0.4, -0.2) is 23.8 Å². The first kappa shape index (κ1) is 14.8. The molecule has 0 aliphatic carbocycles. The molecule has 0 radical (unpaired) electrons. The smallest absolute Gasteiger partial charge is 0.423 e. The summed E-state index contributed by atoms with van der Waals surface area (Å²) >= 11 is 0. The number of hydrogen-bond acceptors (Lipinski definition) is 3. The zero-order valence-corrected chi connectivity index (χ0v) is 11.4. The van der Waals surface area contributed by atoms with Gasteiger partial charge in [-0.05, 0) is 29.4 Å². The van der Waals surface area contributed by atoms with Gasteiger partial charge in [-0.3, -0.25) is 0 Å². The summed E-state index contributed by atoms with van der Waals surface area (Å²) in [5, 5.41) is 18.0. The van der Waals surface area contributed by atoms with Crippen LogP contribution in [0.15, 0.2) is 54.6 Å². The van der Waals surface area contributed by atoms with E-state index in [1.54, 1.807) is 12.1 Å². The van der Waals surface area contributed by atoms with E-state index in [-0.39, 0.29) is 0 Å². The summed E-state index contributed by atoms with van der Waals surface area (Å²) in [6.45, 7) is 1.37. The minimum Gasteiger partial charge on any atom is -0.423 e. The molecule has 0 atom stereocenters. The van der Waals surface area contributed by atoms with Crippen molar-refractivity contribution in [3.8, 4) is 0 Å². The molecule has 2 aromatic carbocycles. The monoisotopic (exact) mass is 270 g/mol. The van der Waals surface area contributed by atoms with Gasteiger partial charge in [0.05, 0.1) is 6.61 Å². The number of aryl methyl sites for hydroxylation is 1. The first-order valence-corrected chi connectivity index (χ1v) is 6.82. The fourth-order valence-electron chi connectivity index (χ4n) is 2.00. The molecule has 0 saturated carbocycles. The number of ether oxygens (including phenoxy) is 1. The van der Waals surface area contributed by atoms with E-state index in [0.29, 0.717) is 12.1 Å². The lowest BCUT2D eigenvalue weighted by atomic mass is 9.80. The number of benzene rings is 2. The van der Waals surface area contributed by atoms with E-state index >= 15 is 0 Å². The Hall–Kier alpha value is -1.62. The molecule has 0 saturated heterocycles. The second kappa shape index (κ2) is 7.85. The Labute approximate surface area is 120 Å². The highest BCUT2D eigenvalue weighted by atomic mass is 16.5.